The molecule has 4 N–H and O–H groups in total. The van der Waals surface area contributed by atoms with Crippen LogP contribution in [0.15, 0.2) is 54.8 Å². The highest BCUT2D eigenvalue weighted by atomic mass is 16.8. The Balaban J connectivity index is 1.14. The van der Waals surface area contributed by atoms with Crippen LogP contribution < -0.4 is 10.6 Å². The first kappa shape index (κ1) is 38.3. The van der Waals surface area contributed by atoms with E-state index in [4.69, 9.17) is 33.6 Å². The highest BCUT2D eigenvalue weighted by Gasteiger charge is 2.74. The first-order chi connectivity index (χ1) is 25.4. The third kappa shape index (κ3) is 8.56. The van der Waals surface area contributed by atoms with Crippen molar-refractivity contribution in [2.45, 2.75) is 95.2 Å². The van der Waals surface area contributed by atoms with Crippen LogP contribution in [-0.2, 0) is 56.0 Å². The Morgan fingerprint density at radius 3 is 2.58 bits per heavy atom. The molecule has 1 aliphatic carbocycles. The van der Waals surface area contributed by atoms with Crippen LogP contribution in [0.2, 0.25) is 0 Å². The summed E-state index contributed by atoms with van der Waals surface area (Å²) in [5.41, 5.74) is 0.635. The predicted octanol–water partition coefficient (Wildman–Crippen LogP) is 1.74. The minimum absolute atomic E-state index is 0.0182. The fourth-order valence-corrected chi connectivity index (χ4v) is 7.33. The first-order valence-corrected chi connectivity index (χ1v) is 17.8. The topological polar surface area (TPSA) is 191 Å². The third-order valence-electron chi connectivity index (χ3n) is 9.69. The molecule has 286 valence electrons. The molecule has 4 fully saturated rings. The number of carbonyl (C=O) groups is 4. The Hall–Kier alpha value is -4.38. The van der Waals surface area contributed by atoms with Crippen LogP contribution in [0.3, 0.4) is 0 Å². The lowest BCUT2D eigenvalue weighted by atomic mass is 9.62. The second-order valence-corrected chi connectivity index (χ2v) is 14.6. The Morgan fingerprint density at radius 2 is 1.85 bits per heavy atom. The lowest BCUT2D eigenvalue weighted by Crippen LogP contribution is -2.69. The molecule has 1 saturated carbocycles. The molecule has 0 unspecified atom stereocenters. The number of aliphatic hydroxyl groups is 2. The number of fused-ring (bicyclic) bond motifs is 4. The Kier molecular flexibility index (Phi) is 11.8. The van der Waals surface area contributed by atoms with E-state index in [0.29, 0.717) is 11.1 Å². The van der Waals surface area contributed by atoms with Gasteiger partial charge >= 0.3 is 11.9 Å². The maximum absolute atomic E-state index is 14.4. The Bertz CT molecular complexity index is 1680. The molecule has 2 aromatic carbocycles. The third-order valence-corrected chi connectivity index (χ3v) is 9.69. The van der Waals surface area contributed by atoms with Crippen molar-refractivity contribution in [2.75, 3.05) is 26.6 Å². The summed E-state index contributed by atoms with van der Waals surface area (Å²) in [7, 11) is 0. The van der Waals surface area contributed by atoms with Gasteiger partial charge in [0.15, 0.2) is 6.04 Å². The Labute approximate surface area is 307 Å². The number of amides is 2. The van der Waals surface area contributed by atoms with E-state index in [1.807, 2.05) is 24.3 Å². The quantitative estimate of drug-likeness (QED) is 0.118. The number of hydroxylamine groups is 2. The zero-order chi connectivity index (χ0) is 37.8. The molecule has 3 heterocycles. The van der Waals surface area contributed by atoms with Crippen molar-refractivity contribution in [3.8, 4) is 0 Å². The summed E-state index contributed by atoms with van der Waals surface area (Å²) in [6.45, 7) is 5.26. The second-order valence-electron chi connectivity index (χ2n) is 14.6. The van der Waals surface area contributed by atoms with Crippen molar-refractivity contribution in [1.29, 1.82) is 0 Å². The van der Waals surface area contributed by atoms with Crippen LogP contribution in [0, 0.1) is 5.41 Å². The molecule has 2 bridgehead atoms. The van der Waals surface area contributed by atoms with Crippen LogP contribution in [0.25, 0.3) is 6.08 Å². The molecule has 15 heteroatoms. The average molecular weight is 738 g/mol. The summed E-state index contributed by atoms with van der Waals surface area (Å²) in [5, 5.41) is 26.0. The fourth-order valence-electron chi connectivity index (χ4n) is 7.33. The van der Waals surface area contributed by atoms with Gasteiger partial charge in [0.05, 0.1) is 32.1 Å². The van der Waals surface area contributed by atoms with Crippen molar-refractivity contribution in [3.05, 3.63) is 77.0 Å². The number of carbonyl (C=O) groups excluding carboxylic acids is 4. The molecule has 0 radical (unpaired) electrons. The zero-order valence-corrected chi connectivity index (χ0v) is 30.0. The van der Waals surface area contributed by atoms with Crippen molar-refractivity contribution in [1.82, 2.24) is 15.7 Å². The molecule has 7 atom stereocenters. The number of hydrogen-bond acceptors (Lipinski definition) is 13. The number of nitrogens with one attached hydrogen (secondary N) is 2. The number of esters is 2. The van der Waals surface area contributed by atoms with Gasteiger partial charge in [-0.25, -0.2) is 0 Å². The summed E-state index contributed by atoms with van der Waals surface area (Å²) in [6, 6.07) is 12.5. The van der Waals surface area contributed by atoms with Gasteiger partial charge in [-0.05, 0) is 62.1 Å². The standard InChI is InChI=1S/C38H47N3O12/c1-37(2,3)52-29(44)12-11-27(21-43)40-34(45)26-6-4-5-25(17-26)19-39-36(47)38-18-28-30-31(50-22-49-30)33(38)53-41(32(38)35(46)51-28)20-24-9-7-23(8-10-24)13-15-48-16-14-42/h4-10,13,15,17,27-28,30-33,42-43H,11-12,14,16,18-22H2,1-3H3,(H,39,47)(H,40,45)/t27-,28+,30-,31-,32-,33+,38-/m0/s1. The van der Waals surface area contributed by atoms with E-state index >= 15 is 0 Å². The van der Waals surface area contributed by atoms with Gasteiger partial charge in [0.25, 0.3) is 5.91 Å². The van der Waals surface area contributed by atoms with Crippen LogP contribution in [0.4, 0.5) is 0 Å². The molecule has 3 saturated heterocycles. The van der Waals surface area contributed by atoms with Gasteiger partial charge in [-0.15, -0.1) is 0 Å². The van der Waals surface area contributed by atoms with E-state index in [1.165, 1.54) is 11.3 Å². The molecule has 53 heavy (non-hydrogen) atoms. The molecule has 15 nitrogen and oxygen atoms in total. The molecule has 6 rings (SSSR count). The first-order valence-electron chi connectivity index (χ1n) is 17.8. The lowest BCUT2D eigenvalue weighted by molar-refractivity contribution is -0.201. The van der Waals surface area contributed by atoms with E-state index in [2.05, 4.69) is 10.6 Å². The molecule has 2 aromatic rings. The summed E-state index contributed by atoms with van der Waals surface area (Å²) in [6.07, 6.45) is 0.915. The number of rotatable bonds is 15. The van der Waals surface area contributed by atoms with Gasteiger partial charge in [0.1, 0.15) is 48.8 Å². The minimum Gasteiger partial charge on any atom is -0.499 e. The smallest absolute Gasteiger partial charge is 0.327 e. The van der Waals surface area contributed by atoms with Crippen LogP contribution in [0.5, 0.6) is 0 Å². The lowest BCUT2D eigenvalue weighted by Gasteiger charge is -2.48. The predicted molar refractivity (Wildman–Crippen MR) is 186 cm³/mol. The van der Waals surface area contributed by atoms with E-state index in [0.717, 1.165) is 11.1 Å². The van der Waals surface area contributed by atoms with Crippen molar-refractivity contribution in [3.63, 3.8) is 0 Å². The molecule has 2 amide bonds. The number of benzene rings is 2. The van der Waals surface area contributed by atoms with E-state index in [9.17, 15) is 24.3 Å². The van der Waals surface area contributed by atoms with Gasteiger partial charge in [-0.2, -0.15) is 5.06 Å². The van der Waals surface area contributed by atoms with Crippen molar-refractivity contribution in [2.24, 2.45) is 5.41 Å². The molecular formula is C38H47N3O12. The maximum atomic E-state index is 14.4. The minimum atomic E-state index is -1.35. The summed E-state index contributed by atoms with van der Waals surface area (Å²) >= 11 is 0. The molecule has 3 aliphatic heterocycles. The van der Waals surface area contributed by atoms with Gasteiger partial charge in [0.2, 0.25) is 5.91 Å². The van der Waals surface area contributed by atoms with Crippen molar-refractivity contribution < 1.29 is 57.9 Å². The monoisotopic (exact) mass is 737 g/mol. The van der Waals surface area contributed by atoms with Gasteiger partial charge < -0.3 is 44.5 Å². The van der Waals surface area contributed by atoms with Crippen LogP contribution >= 0.6 is 0 Å². The normalized spacial score (nSPS) is 26.8. The Morgan fingerprint density at radius 1 is 1.08 bits per heavy atom. The summed E-state index contributed by atoms with van der Waals surface area (Å²) in [5.74, 6) is -1.87. The number of aliphatic hydroxyl groups excluding tert-OH is 2. The number of ether oxygens (including phenoxy) is 5. The average Bonchev–Trinajstić information content (AvgIpc) is 3.76. The molecule has 0 aromatic heterocycles. The maximum Gasteiger partial charge on any atom is 0.327 e. The largest absolute Gasteiger partial charge is 0.499 e. The van der Waals surface area contributed by atoms with E-state index in [1.54, 1.807) is 51.1 Å². The van der Waals surface area contributed by atoms with E-state index < -0.39 is 71.3 Å². The number of hydrogen-bond donors (Lipinski definition) is 4. The molecular weight excluding hydrogens is 690 g/mol. The highest BCUT2D eigenvalue weighted by molar-refractivity contribution is 5.95. The van der Waals surface area contributed by atoms with E-state index in [-0.39, 0.29) is 59.0 Å². The van der Waals surface area contributed by atoms with Crippen LogP contribution in [-0.4, -0.2) is 108 Å². The van der Waals surface area contributed by atoms with Gasteiger partial charge in [-0.3, -0.25) is 24.0 Å². The molecule has 0 spiro atoms. The zero-order valence-electron chi connectivity index (χ0n) is 30.0. The second kappa shape index (κ2) is 16.3. The highest BCUT2D eigenvalue weighted by Crippen LogP contribution is 2.55. The van der Waals surface area contributed by atoms with Gasteiger partial charge in [0, 0.05) is 24.9 Å². The fraction of sp³-hybridized carbons (Fsp3) is 0.526. The van der Waals surface area contributed by atoms with Crippen molar-refractivity contribution >= 4 is 29.8 Å². The van der Waals surface area contributed by atoms with Gasteiger partial charge in [-0.1, -0.05) is 36.4 Å². The summed E-state index contributed by atoms with van der Waals surface area (Å²) in [4.78, 5) is 59.8. The summed E-state index contributed by atoms with van der Waals surface area (Å²) < 4.78 is 28.1. The molecule has 4 aliphatic rings. The van der Waals surface area contributed by atoms with Crippen LogP contribution in [0.1, 0.15) is 67.1 Å². The SMILES string of the molecule is CC(C)(C)OC(=O)CC[C@@H](CO)NC(=O)c1cccc(CNC(=O)[C@@]23C[C@H]4OC(=O)[C@@H]2N(Cc2ccc(C=COCCO)cc2)O[C@@H]3[C@H]2OCO[C@H]24)c1. The number of nitrogens with zero attached hydrogens (tertiary/aromatic N) is 1.